The number of nitrogens with zero attached hydrogens (tertiary/aromatic N) is 1. The van der Waals surface area contributed by atoms with E-state index in [2.05, 4.69) is 15.0 Å². The highest BCUT2D eigenvalue weighted by atomic mass is 35.5. The van der Waals surface area contributed by atoms with Gasteiger partial charge in [0.2, 0.25) is 5.91 Å². The Morgan fingerprint density at radius 2 is 1.97 bits per heavy atom. The molecule has 1 heterocycles. The summed E-state index contributed by atoms with van der Waals surface area (Å²) in [6.45, 7) is -0.147. The van der Waals surface area contributed by atoms with Gasteiger partial charge in [-0.15, -0.1) is 0 Å². The maximum absolute atomic E-state index is 12.5. The third-order valence-corrected chi connectivity index (χ3v) is 5.59. The molecule has 160 valence electrons. The zero-order valence-electron chi connectivity index (χ0n) is 15.3. The summed E-state index contributed by atoms with van der Waals surface area (Å²) in [4.78, 5) is 16.7. The number of carbonyl (C=O) groups excluding carboxylic acids is 1. The molecule has 1 aliphatic rings. The predicted octanol–water partition coefficient (Wildman–Crippen LogP) is 3.35. The maximum Gasteiger partial charge on any atom is 0.422 e. The number of carbonyl (C=O) groups is 1. The Morgan fingerprint density at radius 3 is 2.67 bits per heavy atom. The molecule has 3 rings (SSSR count). The van der Waals surface area contributed by atoms with Gasteiger partial charge in [-0.1, -0.05) is 23.7 Å². The number of rotatable bonds is 5. The molecule has 0 saturated heterocycles. The molecule has 0 saturated carbocycles. The molecular weight excluding hydrogens is 447 g/mol. The van der Waals surface area contributed by atoms with E-state index in [0.717, 1.165) is 0 Å². The molecule has 1 aliphatic heterocycles. The van der Waals surface area contributed by atoms with Crippen LogP contribution in [0.1, 0.15) is 12.5 Å². The van der Waals surface area contributed by atoms with Crippen LogP contribution < -0.4 is 14.8 Å². The molecule has 0 aromatic heterocycles. The van der Waals surface area contributed by atoms with E-state index in [-0.39, 0.29) is 27.2 Å². The molecule has 0 radical (unpaired) electrons. The predicted molar refractivity (Wildman–Crippen MR) is 104 cm³/mol. The Bertz CT molecular complexity index is 1120. The van der Waals surface area contributed by atoms with Crippen molar-refractivity contribution >= 4 is 39.1 Å². The van der Waals surface area contributed by atoms with Gasteiger partial charge in [0.25, 0.3) is 10.0 Å². The first-order valence-electron chi connectivity index (χ1n) is 8.46. The summed E-state index contributed by atoms with van der Waals surface area (Å²) in [6.07, 6.45) is -4.56. The summed E-state index contributed by atoms with van der Waals surface area (Å²) in [5, 5.41) is 2.57. The van der Waals surface area contributed by atoms with Crippen LogP contribution in [0.2, 0.25) is 5.02 Å². The first-order chi connectivity index (χ1) is 14.0. The van der Waals surface area contributed by atoms with E-state index in [1.807, 2.05) is 0 Å². The smallest absolute Gasteiger partial charge is 0.422 e. The lowest BCUT2D eigenvalue weighted by Gasteiger charge is -2.15. The fraction of sp³-hybridized carbons (Fsp3) is 0.222. The van der Waals surface area contributed by atoms with E-state index >= 15 is 0 Å². The molecule has 1 amide bonds. The first-order valence-corrected chi connectivity index (χ1v) is 10.3. The molecule has 0 bridgehead atoms. The maximum atomic E-state index is 12.5. The highest BCUT2D eigenvalue weighted by molar-refractivity contribution is 7.90. The lowest BCUT2D eigenvalue weighted by Crippen LogP contribution is -2.29. The van der Waals surface area contributed by atoms with Crippen LogP contribution in [0, 0.1) is 0 Å². The number of amides is 1. The Morgan fingerprint density at radius 1 is 1.27 bits per heavy atom. The number of anilines is 1. The number of hydrogen-bond acceptors (Lipinski definition) is 5. The first kappa shape index (κ1) is 21.9. The average Bonchev–Trinajstić information content (AvgIpc) is 2.91. The van der Waals surface area contributed by atoms with Crippen molar-refractivity contribution in [2.24, 2.45) is 4.99 Å². The average molecular weight is 462 g/mol. The minimum Gasteiger partial charge on any atom is -0.482 e. The second-order valence-corrected chi connectivity index (χ2v) is 8.38. The summed E-state index contributed by atoms with van der Waals surface area (Å²) in [6, 6.07) is 8.79. The van der Waals surface area contributed by atoms with Crippen LogP contribution in [-0.2, 0) is 14.8 Å². The van der Waals surface area contributed by atoms with Crippen molar-refractivity contribution in [2.45, 2.75) is 24.0 Å². The van der Waals surface area contributed by atoms with Crippen molar-refractivity contribution in [3.05, 3.63) is 53.1 Å². The Hall–Kier alpha value is -2.79. The van der Waals surface area contributed by atoms with Gasteiger partial charge >= 0.3 is 6.18 Å². The second-order valence-electron chi connectivity index (χ2n) is 6.29. The third-order valence-electron chi connectivity index (χ3n) is 3.96. The summed E-state index contributed by atoms with van der Waals surface area (Å²) in [7, 11) is -3.78. The van der Waals surface area contributed by atoms with Crippen molar-refractivity contribution in [3.8, 4) is 5.75 Å². The molecule has 0 spiro atoms. The van der Waals surface area contributed by atoms with Crippen LogP contribution in [0.25, 0.3) is 0 Å². The quantitative estimate of drug-likeness (QED) is 0.713. The van der Waals surface area contributed by atoms with Gasteiger partial charge in [-0.2, -0.15) is 13.2 Å². The van der Waals surface area contributed by atoms with Gasteiger partial charge in [0, 0.05) is 10.6 Å². The molecule has 0 aliphatic carbocycles. The minimum absolute atomic E-state index is 0.00658. The van der Waals surface area contributed by atoms with Gasteiger partial charge in [-0.3, -0.25) is 14.5 Å². The van der Waals surface area contributed by atoms with Crippen LogP contribution in [0.5, 0.6) is 5.75 Å². The van der Waals surface area contributed by atoms with Crippen LogP contribution in [0.15, 0.2) is 52.4 Å². The lowest BCUT2D eigenvalue weighted by molar-refractivity contribution is -0.153. The van der Waals surface area contributed by atoms with E-state index in [0.29, 0.717) is 5.56 Å². The largest absolute Gasteiger partial charge is 0.482 e. The number of fused-ring (bicyclic) bond motifs is 1. The lowest BCUT2D eigenvalue weighted by atomic mass is 10.2. The Labute approximate surface area is 175 Å². The number of hydrogen-bond donors (Lipinski definition) is 2. The normalized spacial score (nSPS) is 17.2. The number of alkyl halides is 3. The van der Waals surface area contributed by atoms with Gasteiger partial charge in [-0.25, -0.2) is 8.42 Å². The van der Waals surface area contributed by atoms with E-state index in [4.69, 9.17) is 16.3 Å². The van der Waals surface area contributed by atoms with Crippen LogP contribution in [0.3, 0.4) is 0 Å². The van der Waals surface area contributed by atoms with E-state index in [1.54, 1.807) is 12.1 Å². The van der Waals surface area contributed by atoms with E-state index in [9.17, 15) is 26.4 Å². The molecule has 2 N–H and O–H groups in total. The highest BCUT2D eigenvalue weighted by Crippen LogP contribution is 2.30. The molecule has 7 nitrogen and oxygen atoms in total. The van der Waals surface area contributed by atoms with Gasteiger partial charge in [0.1, 0.15) is 17.6 Å². The SMILES string of the molecule is C[C@H](N=C1NS(=O)(=O)c2ccccc21)C(=O)Nc1cc(Cl)ccc1OCC(F)(F)F. The summed E-state index contributed by atoms with van der Waals surface area (Å²) < 4.78 is 68.6. The molecule has 2 aromatic carbocycles. The molecule has 1 atom stereocenters. The number of sulfonamides is 1. The van der Waals surface area contributed by atoms with Crippen molar-refractivity contribution < 1.29 is 31.1 Å². The van der Waals surface area contributed by atoms with E-state index in [1.165, 1.54) is 37.3 Å². The third kappa shape index (κ3) is 5.03. The number of halogens is 4. The number of benzene rings is 2. The van der Waals surface area contributed by atoms with Gasteiger partial charge in [0.15, 0.2) is 6.61 Å². The van der Waals surface area contributed by atoms with Crippen molar-refractivity contribution in [3.63, 3.8) is 0 Å². The molecule has 0 fully saturated rings. The summed E-state index contributed by atoms with van der Waals surface area (Å²) in [5.41, 5.74) is 0.241. The van der Waals surface area contributed by atoms with Crippen LogP contribution in [0.4, 0.5) is 18.9 Å². The Kier molecular flexibility index (Phi) is 5.95. The van der Waals surface area contributed by atoms with Gasteiger partial charge in [-0.05, 0) is 37.3 Å². The zero-order chi connectivity index (χ0) is 22.1. The topological polar surface area (TPSA) is 96.9 Å². The standard InChI is InChI=1S/C18H15ClF3N3O4S/c1-10(23-16-12-4-2-3-5-15(12)30(27,28)25-16)17(26)24-13-8-11(19)6-7-14(13)29-9-18(20,21)22/h2-8,10H,9H2,1H3,(H,23,25)(H,24,26)/t10-/m0/s1. The minimum atomic E-state index is -4.56. The molecular formula is C18H15ClF3N3O4S. The zero-order valence-corrected chi connectivity index (χ0v) is 16.9. The Balaban J connectivity index is 1.80. The van der Waals surface area contributed by atoms with Crippen molar-refractivity contribution in [1.82, 2.24) is 4.72 Å². The highest BCUT2D eigenvalue weighted by Gasteiger charge is 2.31. The van der Waals surface area contributed by atoms with E-state index < -0.39 is 34.8 Å². The fourth-order valence-corrected chi connectivity index (χ4v) is 4.02. The number of ether oxygens (including phenoxy) is 1. The van der Waals surface area contributed by atoms with Gasteiger partial charge in [0.05, 0.1) is 10.6 Å². The van der Waals surface area contributed by atoms with Crippen molar-refractivity contribution in [1.29, 1.82) is 0 Å². The van der Waals surface area contributed by atoms with Crippen LogP contribution in [-0.4, -0.2) is 39.0 Å². The van der Waals surface area contributed by atoms with Crippen molar-refractivity contribution in [2.75, 3.05) is 11.9 Å². The molecule has 30 heavy (non-hydrogen) atoms. The monoisotopic (exact) mass is 461 g/mol. The number of aliphatic imine (C=N–C) groups is 1. The fourth-order valence-electron chi connectivity index (χ4n) is 2.60. The molecule has 12 heteroatoms. The molecule has 0 unspecified atom stereocenters. The molecule has 2 aromatic rings. The number of nitrogens with one attached hydrogen (secondary N) is 2. The second kappa shape index (κ2) is 8.15. The van der Waals surface area contributed by atoms with Crippen LogP contribution >= 0.6 is 11.6 Å². The summed E-state index contributed by atoms with van der Waals surface area (Å²) in [5.74, 6) is -0.935. The van der Waals surface area contributed by atoms with Gasteiger partial charge < -0.3 is 10.1 Å². The number of amidine groups is 1. The summed E-state index contributed by atoms with van der Waals surface area (Å²) >= 11 is 5.86.